The van der Waals surface area contributed by atoms with Crippen molar-refractivity contribution in [2.24, 2.45) is 0 Å². The maximum absolute atomic E-state index is 13.5. The van der Waals surface area contributed by atoms with Gasteiger partial charge in [-0.2, -0.15) is 0 Å². The first-order valence-corrected chi connectivity index (χ1v) is 11.9. The van der Waals surface area contributed by atoms with Crippen LogP contribution in [0, 0.1) is 0 Å². The highest BCUT2D eigenvalue weighted by atomic mass is 16.7. The lowest BCUT2D eigenvalue weighted by Gasteiger charge is -2.25. The van der Waals surface area contributed by atoms with Gasteiger partial charge >= 0.3 is 5.97 Å². The van der Waals surface area contributed by atoms with Crippen LogP contribution in [0.25, 0.3) is 22.6 Å². The minimum absolute atomic E-state index is 0.0234. The van der Waals surface area contributed by atoms with E-state index in [1.54, 1.807) is 0 Å². The quantitative estimate of drug-likeness (QED) is 0.485. The normalized spacial score (nSPS) is 20.4. The Morgan fingerprint density at radius 3 is 2.79 bits per heavy atom. The number of hydrogen-bond acceptors (Lipinski definition) is 6. The number of carbonyl (C=O) groups excluding carboxylic acids is 2. The van der Waals surface area contributed by atoms with Gasteiger partial charge in [-0.15, -0.1) is 0 Å². The third-order valence-corrected chi connectivity index (χ3v) is 6.86. The minimum Gasteiger partial charge on any atom is -0.454 e. The zero-order valence-electron chi connectivity index (χ0n) is 18.8. The zero-order chi connectivity index (χ0) is 23.1. The Kier molecular flexibility index (Phi) is 5.28. The molecule has 6 heteroatoms. The molecule has 6 nitrogen and oxygen atoms in total. The number of esters is 1. The highest BCUT2D eigenvalue weighted by molar-refractivity contribution is 6.07. The number of Topliss-reactive ketones (excluding diaryl/α,β-unsaturated/α-hetero) is 1. The van der Waals surface area contributed by atoms with Crippen molar-refractivity contribution in [3.8, 4) is 11.5 Å². The molecule has 1 fully saturated rings. The van der Waals surface area contributed by atoms with E-state index in [4.69, 9.17) is 19.2 Å². The van der Waals surface area contributed by atoms with E-state index in [0.29, 0.717) is 18.4 Å². The first kappa shape index (κ1) is 20.9. The topological polar surface area (TPSA) is 74.7 Å². The van der Waals surface area contributed by atoms with Gasteiger partial charge in [0.15, 0.2) is 23.4 Å². The van der Waals surface area contributed by atoms with Crippen molar-refractivity contribution in [2.75, 3.05) is 6.79 Å². The lowest BCUT2D eigenvalue weighted by atomic mass is 9.85. The van der Waals surface area contributed by atoms with Crippen molar-refractivity contribution in [3.05, 3.63) is 64.8 Å². The molecule has 0 spiro atoms. The summed E-state index contributed by atoms with van der Waals surface area (Å²) in [4.78, 5) is 30.8. The summed E-state index contributed by atoms with van der Waals surface area (Å²) < 4.78 is 16.8. The molecule has 0 radical (unpaired) electrons. The highest BCUT2D eigenvalue weighted by Gasteiger charge is 2.30. The molecule has 1 saturated carbocycles. The van der Waals surface area contributed by atoms with Crippen LogP contribution in [0.5, 0.6) is 11.5 Å². The summed E-state index contributed by atoms with van der Waals surface area (Å²) in [6.45, 7) is 0.237. The number of nitrogens with zero attached hydrogens (tertiary/aromatic N) is 1. The molecule has 0 saturated heterocycles. The summed E-state index contributed by atoms with van der Waals surface area (Å²) >= 11 is 0. The standard InChI is InChI=1S/C28H25NO5/c30-22-10-3-4-11-23(22)34-28(31)26-19-7-1-2-9-21(19)29-27-18(6-5-8-20(26)27)14-17-12-13-24-25(15-17)33-16-32-24/h1-2,7,9,12-15,23H,3-6,8,10-11,16H2/b18-14+/t23-/m1/s1. The average Bonchev–Trinajstić information content (AvgIpc) is 3.32. The Morgan fingerprint density at radius 1 is 1.00 bits per heavy atom. The predicted octanol–water partition coefficient (Wildman–Crippen LogP) is 5.51. The van der Waals surface area contributed by atoms with Crippen LogP contribution in [-0.2, 0) is 16.0 Å². The van der Waals surface area contributed by atoms with Crippen molar-refractivity contribution in [1.29, 1.82) is 0 Å². The van der Waals surface area contributed by atoms with Gasteiger partial charge in [-0.05, 0) is 79.5 Å². The van der Waals surface area contributed by atoms with Crippen LogP contribution in [0.1, 0.15) is 65.7 Å². The number of aromatic nitrogens is 1. The number of carbonyl (C=O) groups is 2. The van der Waals surface area contributed by atoms with Gasteiger partial charge in [0.25, 0.3) is 0 Å². The molecule has 6 rings (SSSR count). The van der Waals surface area contributed by atoms with Gasteiger partial charge in [0.1, 0.15) is 0 Å². The number of allylic oxidation sites excluding steroid dienone is 1. The van der Waals surface area contributed by atoms with Gasteiger partial charge in [-0.1, -0.05) is 24.3 Å². The molecule has 0 N–H and O–H groups in total. The molecular formula is C28H25NO5. The third-order valence-electron chi connectivity index (χ3n) is 6.86. The van der Waals surface area contributed by atoms with Crippen molar-refractivity contribution >= 4 is 34.3 Å². The van der Waals surface area contributed by atoms with Gasteiger partial charge in [0.05, 0.1) is 16.8 Å². The largest absolute Gasteiger partial charge is 0.454 e. The molecule has 2 aliphatic carbocycles. The van der Waals surface area contributed by atoms with E-state index in [0.717, 1.165) is 76.9 Å². The molecule has 3 aliphatic rings. The Bertz CT molecular complexity index is 1340. The van der Waals surface area contributed by atoms with E-state index in [-0.39, 0.29) is 12.6 Å². The van der Waals surface area contributed by atoms with Crippen molar-refractivity contribution in [1.82, 2.24) is 4.98 Å². The smallest absolute Gasteiger partial charge is 0.339 e. The molecule has 0 bridgehead atoms. The second kappa shape index (κ2) is 8.60. The van der Waals surface area contributed by atoms with Crippen LogP contribution in [0.2, 0.25) is 0 Å². The second-order valence-electron chi connectivity index (χ2n) is 9.07. The summed E-state index contributed by atoms with van der Waals surface area (Å²) in [6.07, 6.45) is 6.84. The first-order valence-electron chi connectivity index (χ1n) is 11.9. The molecule has 2 heterocycles. The molecule has 1 aromatic heterocycles. The molecule has 0 unspecified atom stereocenters. The SMILES string of the molecule is O=C(O[C@@H]1CCCCC1=O)c1c2c(nc3ccccc13)/C(=C/c1ccc3c(c1)OCO3)CCC2. The van der Waals surface area contributed by atoms with Gasteiger partial charge in [0, 0.05) is 11.8 Å². The fourth-order valence-corrected chi connectivity index (χ4v) is 5.18. The van der Waals surface area contributed by atoms with Gasteiger partial charge in [-0.25, -0.2) is 9.78 Å². The van der Waals surface area contributed by atoms with E-state index in [9.17, 15) is 9.59 Å². The Hall–Kier alpha value is -3.67. The predicted molar refractivity (Wildman–Crippen MR) is 128 cm³/mol. The van der Waals surface area contributed by atoms with E-state index in [1.807, 2.05) is 42.5 Å². The number of rotatable bonds is 3. The number of fused-ring (bicyclic) bond motifs is 3. The number of pyridine rings is 1. The fraction of sp³-hybridized carbons (Fsp3) is 0.321. The molecule has 0 amide bonds. The molecule has 3 aromatic rings. The number of para-hydroxylation sites is 1. The molecule has 2 aromatic carbocycles. The van der Waals surface area contributed by atoms with E-state index in [1.165, 1.54) is 0 Å². The van der Waals surface area contributed by atoms with Crippen LogP contribution in [0.4, 0.5) is 0 Å². The van der Waals surface area contributed by atoms with E-state index >= 15 is 0 Å². The highest BCUT2D eigenvalue weighted by Crippen LogP contribution is 2.38. The number of hydrogen-bond donors (Lipinski definition) is 0. The number of benzene rings is 2. The molecule has 172 valence electrons. The van der Waals surface area contributed by atoms with Gasteiger partial charge < -0.3 is 14.2 Å². The Labute approximate surface area is 197 Å². The lowest BCUT2D eigenvalue weighted by molar-refractivity contribution is -0.129. The monoisotopic (exact) mass is 455 g/mol. The third kappa shape index (κ3) is 3.73. The lowest BCUT2D eigenvalue weighted by Crippen LogP contribution is -2.30. The molecule has 34 heavy (non-hydrogen) atoms. The summed E-state index contributed by atoms with van der Waals surface area (Å²) in [5.74, 6) is 1.09. The van der Waals surface area contributed by atoms with Crippen molar-refractivity contribution < 1.29 is 23.8 Å². The summed E-state index contributed by atoms with van der Waals surface area (Å²) in [5, 5.41) is 0.777. The van der Waals surface area contributed by atoms with Crippen LogP contribution < -0.4 is 9.47 Å². The van der Waals surface area contributed by atoms with Gasteiger partial charge in [-0.3, -0.25) is 4.79 Å². The van der Waals surface area contributed by atoms with E-state index in [2.05, 4.69) is 6.08 Å². The molecule has 1 atom stereocenters. The van der Waals surface area contributed by atoms with Crippen LogP contribution in [0.3, 0.4) is 0 Å². The Balaban J connectivity index is 1.44. The maximum atomic E-state index is 13.5. The van der Waals surface area contributed by atoms with E-state index < -0.39 is 12.1 Å². The van der Waals surface area contributed by atoms with Crippen LogP contribution in [0.15, 0.2) is 42.5 Å². The Morgan fingerprint density at radius 2 is 1.88 bits per heavy atom. The average molecular weight is 456 g/mol. The zero-order valence-corrected chi connectivity index (χ0v) is 18.8. The van der Waals surface area contributed by atoms with Crippen LogP contribution >= 0.6 is 0 Å². The van der Waals surface area contributed by atoms with Crippen LogP contribution in [-0.4, -0.2) is 29.6 Å². The summed E-state index contributed by atoms with van der Waals surface area (Å²) in [5.41, 5.74) is 5.12. The maximum Gasteiger partial charge on any atom is 0.339 e. The fourth-order valence-electron chi connectivity index (χ4n) is 5.18. The van der Waals surface area contributed by atoms with Gasteiger partial charge in [0.2, 0.25) is 6.79 Å². The summed E-state index contributed by atoms with van der Waals surface area (Å²) in [6, 6.07) is 13.5. The van der Waals surface area contributed by atoms with Crippen molar-refractivity contribution in [2.45, 2.75) is 51.0 Å². The minimum atomic E-state index is -0.643. The molecular weight excluding hydrogens is 430 g/mol. The second-order valence-corrected chi connectivity index (χ2v) is 9.07. The number of ether oxygens (including phenoxy) is 3. The number of ketones is 1. The molecule has 1 aliphatic heterocycles. The first-order chi connectivity index (χ1) is 16.7. The summed E-state index contributed by atoms with van der Waals surface area (Å²) in [7, 11) is 0. The van der Waals surface area contributed by atoms with Crippen molar-refractivity contribution in [3.63, 3.8) is 0 Å².